The number of aryl methyl sites for hydroxylation is 1. The number of carboxylic acid groups (broad SMARTS) is 1. The maximum absolute atomic E-state index is 14.3. The topological polar surface area (TPSA) is 85.5 Å². The van der Waals surface area contributed by atoms with Crippen molar-refractivity contribution in [2.45, 2.75) is 26.2 Å². The molecule has 168 valence electrons. The molecule has 33 heavy (non-hydrogen) atoms. The zero-order chi connectivity index (χ0) is 23.2. The highest BCUT2D eigenvalue weighted by Crippen LogP contribution is 2.35. The number of ether oxygens (including phenoxy) is 1. The van der Waals surface area contributed by atoms with E-state index in [-0.39, 0.29) is 12.2 Å². The molecule has 0 amide bonds. The summed E-state index contributed by atoms with van der Waals surface area (Å²) in [5, 5.41) is 12.8. The Morgan fingerprint density at radius 1 is 1.03 bits per heavy atom. The van der Waals surface area contributed by atoms with Gasteiger partial charge in [0.15, 0.2) is 0 Å². The van der Waals surface area contributed by atoms with Crippen LogP contribution in [0, 0.1) is 5.82 Å². The first kappa shape index (κ1) is 22.2. The van der Waals surface area contributed by atoms with Gasteiger partial charge in [0.1, 0.15) is 11.6 Å². The fourth-order valence-corrected chi connectivity index (χ4v) is 3.55. The van der Waals surface area contributed by atoms with Gasteiger partial charge < -0.3 is 14.4 Å². The Hall–Kier alpha value is -4.00. The molecule has 0 aliphatic heterocycles. The van der Waals surface area contributed by atoms with E-state index in [0.717, 1.165) is 11.1 Å². The lowest BCUT2D eigenvalue weighted by molar-refractivity contribution is -0.137. The normalized spacial score (nSPS) is 10.8. The number of halogens is 1. The van der Waals surface area contributed by atoms with Crippen molar-refractivity contribution in [1.82, 2.24) is 10.1 Å². The van der Waals surface area contributed by atoms with Crippen LogP contribution in [-0.4, -0.2) is 27.8 Å². The van der Waals surface area contributed by atoms with Gasteiger partial charge in [0.05, 0.1) is 6.61 Å². The van der Waals surface area contributed by atoms with Gasteiger partial charge in [0.25, 0.3) is 5.89 Å². The van der Waals surface area contributed by atoms with Gasteiger partial charge in [-0.3, -0.25) is 4.79 Å². The summed E-state index contributed by atoms with van der Waals surface area (Å²) < 4.78 is 25.6. The van der Waals surface area contributed by atoms with Gasteiger partial charge >= 0.3 is 5.97 Å². The summed E-state index contributed by atoms with van der Waals surface area (Å²) in [5.41, 5.74) is 3.62. The molecule has 1 heterocycles. The molecular formula is C26H23FN2O4. The van der Waals surface area contributed by atoms with E-state index < -0.39 is 5.97 Å². The molecule has 0 unspecified atom stereocenters. The third kappa shape index (κ3) is 5.26. The molecule has 7 heteroatoms. The minimum Gasteiger partial charge on any atom is -0.493 e. The van der Waals surface area contributed by atoms with Crippen molar-refractivity contribution in [3.63, 3.8) is 0 Å². The number of aromatic nitrogens is 2. The van der Waals surface area contributed by atoms with E-state index in [1.807, 2.05) is 31.2 Å². The van der Waals surface area contributed by atoms with E-state index in [4.69, 9.17) is 14.4 Å². The van der Waals surface area contributed by atoms with Crippen LogP contribution in [0.5, 0.6) is 5.75 Å². The molecule has 0 saturated carbocycles. The quantitative estimate of drug-likeness (QED) is 0.339. The molecule has 0 aliphatic carbocycles. The molecule has 6 nitrogen and oxygen atoms in total. The molecular weight excluding hydrogens is 423 g/mol. The van der Waals surface area contributed by atoms with Crippen LogP contribution in [0.25, 0.3) is 34.0 Å². The lowest BCUT2D eigenvalue weighted by Gasteiger charge is -2.12. The van der Waals surface area contributed by atoms with Gasteiger partial charge in [-0.25, -0.2) is 4.39 Å². The number of hydrogen-bond donors (Lipinski definition) is 1. The highest BCUT2D eigenvalue weighted by molar-refractivity contribution is 5.75. The van der Waals surface area contributed by atoms with Crippen molar-refractivity contribution >= 4 is 5.97 Å². The minimum absolute atomic E-state index is 0.148. The SMILES string of the molecule is CCOc1cc(-c2nc(-c3ccc(CCCC(=O)O)cc3)no2)ccc1-c1ccccc1F. The first-order valence-corrected chi connectivity index (χ1v) is 10.7. The molecule has 0 aliphatic rings. The zero-order valence-corrected chi connectivity index (χ0v) is 18.1. The lowest BCUT2D eigenvalue weighted by atomic mass is 10.0. The van der Waals surface area contributed by atoms with Crippen LogP contribution >= 0.6 is 0 Å². The smallest absolute Gasteiger partial charge is 0.303 e. The fourth-order valence-electron chi connectivity index (χ4n) is 3.55. The number of nitrogens with zero attached hydrogens (tertiary/aromatic N) is 2. The van der Waals surface area contributed by atoms with E-state index in [1.165, 1.54) is 6.07 Å². The Bertz CT molecular complexity index is 1250. The molecule has 1 N–H and O–H groups in total. The van der Waals surface area contributed by atoms with E-state index >= 15 is 0 Å². The monoisotopic (exact) mass is 446 g/mol. The van der Waals surface area contributed by atoms with Crippen LogP contribution < -0.4 is 4.74 Å². The van der Waals surface area contributed by atoms with Crippen molar-refractivity contribution in [1.29, 1.82) is 0 Å². The summed E-state index contributed by atoms with van der Waals surface area (Å²) in [6.07, 6.45) is 1.43. The van der Waals surface area contributed by atoms with Gasteiger partial charge in [-0.05, 0) is 49.6 Å². The Labute approximate surface area is 190 Å². The van der Waals surface area contributed by atoms with Crippen molar-refractivity contribution in [3.8, 4) is 39.7 Å². The second-order valence-electron chi connectivity index (χ2n) is 7.49. The lowest BCUT2D eigenvalue weighted by Crippen LogP contribution is -1.96. The predicted molar refractivity (Wildman–Crippen MR) is 122 cm³/mol. The van der Waals surface area contributed by atoms with Crippen molar-refractivity contribution in [2.24, 2.45) is 0 Å². The second kappa shape index (κ2) is 10.1. The van der Waals surface area contributed by atoms with Crippen molar-refractivity contribution in [2.75, 3.05) is 6.61 Å². The second-order valence-corrected chi connectivity index (χ2v) is 7.49. The first-order valence-electron chi connectivity index (χ1n) is 10.7. The predicted octanol–water partition coefficient (Wildman–Crippen LogP) is 6.02. The fraction of sp³-hybridized carbons (Fsp3) is 0.192. The molecule has 1 aromatic heterocycles. The maximum Gasteiger partial charge on any atom is 0.303 e. The molecule has 0 saturated heterocycles. The number of benzene rings is 3. The standard InChI is InChI=1S/C26H23FN2O4/c1-2-32-23-16-19(14-15-21(23)20-7-3-4-8-22(20)27)26-28-25(29-33-26)18-12-10-17(11-13-18)6-5-9-24(30)31/h3-4,7-8,10-16H,2,5-6,9H2,1H3,(H,30,31). The molecule has 3 aromatic carbocycles. The molecule has 0 radical (unpaired) electrons. The Morgan fingerprint density at radius 3 is 2.52 bits per heavy atom. The summed E-state index contributed by atoms with van der Waals surface area (Å²) in [6, 6.07) is 19.6. The Morgan fingerprint density at radius 2 is 1.79 bits per heavy atom. The highest BCUT2D eigenvalue weighted by Gasteiger charge is 2.16. The minimum atomic E-state index is -0.791. The molecule has 0 fully saturated rings. The van der Waals surface area contributed by atoms with E-state index in [0.29, 0.717) is 53.6 Å². The largest absolute Gasteiger partial charge is 0.493 e. The molecule has 0 atom stereocenters. The van der Waals surface area contributed by atoms with Crippen molar-refractivity contribution < 1.29 is 23.6 Å². The first-order chi connectivity index (χ1) is 16.0. The van der Waals surface area contributed by atoms with Gasteiger partial charge in [0.2, 0.25) is 5.82 Å². The summed E-state index contributed by atoms with van der Waals surface area (Å²) in [6.45, 7) is 2.30. The Kier molecular flexibility index (Phi) is 6.78. The maximum atomic E-state index is 14.3. The summed E-state index contributed by atoms with van der Waals surface area (Å²) >= 11 is 0. The van der Waals surface area contributed by atoms with E-state index in [9.17, 15) is 9.18 Å². The third-order valence-corrected chi connectivity index (χ3v) is 5.19. The molecule has 4 aromatic rings. The average Bonchev–Trinajstić information content (AvgIpc) is 3.30. The van der Waals surface area contributed by atoms with Gasteiger partial charge in [0, 0.05) is 28.7 Å². The summed E-state index contributed by atoms with van der Waals surface area (Å²) in [4.78, 5) is 15.2. The van der Waals surface area contributed by atoms with Crippen LogP contribution in [0.4, 0.5) is 4.39 Å². The number of rotatable bonds is 9. The number of hydrogen-bond acceptors (Lipinski definition) is 5. The highest BCUT2D eigenvalue weighted by atomic mass is 19.1. The van der Waals surface area contributed by atoms with Crippen LogP contribution in [0.1, 0.15) is 25.3 Å². The summed E-state index contributed by atoms with van der Waals surface area (Å²) in [5.74, 6) is 0.193. The average molecular weight is 446 g/mol. The van der Waals surface area contributed by atoms with Gasteiger partial charge in [-0.2, -0.15) is 4.98 Å². The summed E-state index contributed by atoms with van der Waals surface area (Å²) in [7, 11) is 0. The van der Waals surface area contributed by atoms with Crippen LogP contribution in [-0.2, 0) is 11.2 Å². The van der Waals surface area contributed by atoms with E-state index in [1.54, 1.807) is 36.4 Å². The molecule has 0 spiro atoms. The van der Waals surface area contributed by atoms with Crippen LogP contribution in [0.2, 0.25) is 0 Å². The Balaban J connectivity index is 1.56. The molecule has 4 rings (SSSR count). The van der Waals surface area contributed by atoms with Crippen molar-refractivity contribution in [3.05, 3.63) is 78.1 Å². The number of carboxylic acids is 1. The van der Waals surface area contributed by atoms with Gasteiger partial charge in [-0.1, -0.05) is 47.6 Å². The van der Waals surface area contributed by atoms with Gasteiger partial charge in [-0.15, -0.1) is 0 Å². The number of aliphatic carboxylic acids is 1. The van der Waals surface area contributed by atoms with E-state index in [2.05, 4.69) is 10.1 Å². The van der Waals surface area contributed by atoms with Crippen LogP contribution in [0.3, 0.4) is 0 Å². The zero-order valence-electron chi connectivity index (χ0n) is 18.1. The third-order valence-electron chi connectivity index (χ3n) is 5.19. The van der Waals surface area contributed by atoms with Crippen LogP contribution in [0.15, 0.2) is 71.3 Å². The molecule has 0 bridgehead atoms. The number of carbonyl (C=O) groups is 1.